The van der Waals surface area contributed by atoms with Crippen LogP contribution >= 0.6 is 0 Å². The molecule has 0 saturated carbocycles. The van der Waals surface area contributed by atoms with Crippen LogP contribution in [-0.4, -0.2) is 42.0 Å². The van der Waals surface area contributed by atoms with E-state index in [0.717, 1.165) is 35.1 Å². The Kier molecular flexibility index (Phi) is 5.98. The number of nitrogens with zero attached hydrogens (tertiary/aromatic N) is 2. The Hall–Kier alpha value is -2.72. The van der Waals surface area contributed by atoms with Crippen LogP contribution in [0.2, 0.25) is 0 Å². The standard InChI is InChI=1S/C24H27N3O/c28-24(25-14-9-17-27-15-7-2-8-16-27)21-18-23(19-10-3-1-4-11-19)26-22-13-6-5-12-20(21)22/h1,3-6,10-13,18H,2,7-9,14-17H2,(H,25,28). The van der Waals surface area contributed by atoms with E-state index in [0.29, 0.717) is 12.1 Å². The van der Waals surface area contributed by atoms with Gasteiger partial charge in [-0.1, -0.05) is 55.0 Å². The molecule has 0 aliphatic carbocycles. The van der Waals surface area contributed by atoms with Gasteiger partial charge in [0.2, 0.25) is 0 Å². The van der Waals surface area contributed by atoms with Crippen molar-refractivity contribution in [3.8, 4) is 11.3 Å². The fraction of sp³-hybridized carbons (Fsp3) is 0.333. The number of aromatic nitrogens is 1. The second-order valence-corrected chi connectivity index (χ2v) is 7.45. The molecule has 0 atom stereocenters. The lowest BCUT2D eigenvalue weighted by atomic mass is 10.0. The SMILES string of the molecule is O=C(NCCCN1CCCCC1)c1cc(-c2ccccc2)nc2ccccc12. The summed E-state index contributed by atoms with van der Waals surface area (Å²) < 4.78 is 0. The monoisotopic (exact) mass is 373 g/mol. The molecule has 4 rings (SSSR count). The fourth-order valence-electron chi connectivity index (χ4n) is 3.90. The van der Waals surface area contributed by atoms with Crippen molar-refractivity contribution in [1.82, 2.24) is 15.2 Å². The number of rotatable bonds is 6. The molecule has 0 unspecified atom stereocenters. The number of likely N-dealkylation sites (tertiary alicyclic amines) is 1. The van der Waals surface area contributed by atoms with Crippen molar-refractivity contribution in [2.24, 2.45) is 0 Å². The first-order valence-corrected chi connectivity index (χ1v) is 10.3. The average molecular weight is 374 g/mol. The molecule has 1 aliphatic heterocycles. The van der Waals surface area contributed by atoms with Crippen LogP contribution in [0.4, 0.5) is 0 Å². The van der Waals surface area contributed by atoms with E-state index in [9.17, 15) is 4.79 Å². The summed E-state index contributed by atoms with van der Waals surface area (Å²) in [5.41, 5.74) is 3.40. The molecule has 0 spiro atoms. The van der Waals surface area contributed by atoms with Crippen LogP contribution in [0, 0.1) is 0 Å². The van der Waals surface area contributed by atoms with Crippen LogP contribution in [0.15, 0.2) is 60.7 Å². The van der Waals surface area contributed by atoms with Crippen LogP contribution in [0.1, 0.15) is 36.0 Å². The molecular formula is C24H27N3O. The minimum atomic E-state index is -0.0191. The lowest BCUT2D eigenvalue weighted by molar-refractivity contribution is 0.0952. The summed E-state index contributed by atoms with van der Waals surface area (Å²) in [5.74, 6) is -0.0191. The molecule has 0 bridgehead atoms. The van der Waals surface area contributed by atoms with Crippen molar-refractivity contribution >= 4 is 16.8 Å². The number of nitrogens with one attached hydrogen (secondary N) is 1. The molecule has 4 heteroatoms. The third-order valence-electron chi connectivity index (χ3n) is 5.42. The highest BCUT2D eigenvalue weighted by Gasteiger charge is 2.14. The van der Waals surface area contributed by atoms with E-state index < -0.39 is 0 Å². The minimum Gasteiger partial charge on any atom is -0.352 e. The molecular weight excluding hydrogens is 346 g/mol. The molecule has 2 heterocycles. The van der Waals surface area contributed by atoms with E-state index in [2.05, 4.69) is 10.2 Å². The average Bonchev–Trinajstić information content (AvgIpc) is 2.77. The van der Waals surface area contributed by atoms with Gasteiger partial charge in [-0.3, -0.25) is 4.79 Å². The van der Waals surface area contributed by atoms with Gasteiger partial charge in [-0.2, -0.15) is 0 Å². The number of amides is 1. The molecule has 1 fully saturated rings. The highest BCUT2D eigenvalue weighted by atomic mass is 16.1. The largest absolute Gasteiger partial charge is 0.352 e. The van der Waals surface area contributed by atoms with Gasteiger partial charge in [0, 0.05) is 17.5 Å². The van der Waals surface area contributed by atoms with E-state index in [4.69, 9.17) is 4.98 Å². The first-order chi connectivity index (χ1) is 13.8. The zero-order valence-electron chi connectivity index (χ0n) is 16.2. The summed E-state index contributed by atoms with van der Waals surface area (Å²) >= 11 is 0. The maximum absolute atomic E-state index is 12.9. The Morgan fingerprint density at radius 3 is 2.54 bits per heavy atom. The Morgan fingerprint density at radius 1 is 0.964 bits per heavy atom. The topological polar surface area (TPSA) is 45.2 Å². The van der Waals surface area contributed by atoms with Gasteiger partial charge in [-0.05, 0) is 51.0 Å². The van der Waals surface area contributed by atoms with Crippen LogP contribution < -0.4 is 5.32 Å². The number of hydrogen-bond acceptors (Lipinski definition) is 3. The number of hydrogen-bond donors (Lipinski definition) is 1. The third kappa shape index (κ3) is 4.39. The number of fused-ring (bicyclic) bond motifs is 1. The quantitative estimate of drug-likeness (QED) is 0.647. The van der Waals surface area contributed by atoms with Gasteiger partial charge < -0.3 is 10.2 Å². The summed E-state index contributed by atoms with van der Waals surface area (Å²) in [6, 6.07) is 19.8. The zero-order valence-corrected chi connectivity index (χ0v) is 16.2. The number of para-hydroxylation sites is 1. The van der Waals surface area contributed by atoms with Crippen molar-refractivity contribution in [3.05, 3.63) is 66.2 Å². The number of pyridine rings is 1. The molecule has 1 amide bonds. The van der Waals surface area contributed by atoms with Gasteiger partial charge in [0.05, 0.1) is 16.8 Å². The van der Waals surface area contributed by atoms with E-state index in [1.807, 2.05) is 60.7 Å². The van der Waals surface area contributed by atoms with Crippen LogP contribution in [0.5, 0.6) is 0 Å². The predicted octanol–water partition coefficient (Wildman–Crippen LogP) is 4.51. The summed E-state index contributed by atoms with van der Waals surface area (Å²) in [4.78, 5) is 20.2. The van der Waals surface area contributed by atoms with Crippen molar-refractivity contribution in [2.45, 2.75) is 25.7 Å². The summed E-state index contributed by atoms with van der Waals surface area (Å²) in [6.07, 6.45) is 4.95. The molecule has 2 aromatic carbocycles. The Balaban J connectivity index is 1.49. The molecule has 0 radical (unpaired) electrons. The van der Waals surface area contributed by atoms with Gasteiger partial charge in [0.15, 0.2) is 0 Å². The predicted molar refractivity (Wildman–Crippen MR) is 114 cm³/mol. The van der Waals surface area contributed by atoms with Gasteiger partial charge >= 0.3 is 0 Å². The van der Waals surface area contributed by atoms with E-state index in [1.54, 1.807) is 0 Å². The van der Waals surface area contributed by atoms with Crippen LogP contribution in [0.25, 0.3) is 22.2 Å². The molecule has 1 N–H and O–H groups in total. The normalized spacial score (nSPS) is 14.9. The fourth-order valence-corrected chi connectivity index (χ4v) is 3.90. The Bertz CT molecular complexity index is 933. The van der Waals surface area contributed by atoms with Gasteiger partial charge in [-0.25, -0.2) is 4.98 Å². The number of benzene rings is 2. The van der Waals surface area contributed by atoms with Crippen LogP contribution in [-0.2, 0) is 0 Å². The van der Waals surface area contributed by atoms with Crippen LogP contribution in [0.3, 0.4) is 0 Å². The number of piperidine rings is 1. The van der Waals surface area contributed by atoms with Crippen molar-refractivity contribution in [3.63, 3.8) is 0 Å². The smallest absolute Gasteiger partial charge is 0.252 e. The maximum atomic E-state index is 12.9. The summed E-state index contributed by atoms with van der Waals surface area (Å²) in [5, 5.41) is 4.01. The second kappa shape index (κ2) is 8.98. The first-order valence-electron chi connectivity index (χ1n) is 10.3. The highest BCUT2D eigenvalue weighted by molar-refractivity contribution is 6.07. The molecule has 144 valence electrons. The lowest BCUT2D eigenvalue weighted by Gasteiger charge is -2.26. The molecule has 1 saturated heterocycles. The van der Waals surface area contributed by atoms with Gasteiger partial charge in [-0.15, -0.1) is 0 Å². The zero-order chi connectivity index (χ0) is 19.2. The third-order valence-corrected chi connectivity index (χ3v) is 5.42. The Labute approximate surface area is 166 Å². The maximum Gasteiger partial charge on any atom is 0.252 e. The second-order valence-electron chi connectivity index (χ2n) is 7.45. The molecule has 1 aromatic heterocycles. The van der Waals surface area contributed by atoms with E-state index in [1.165, 1.54) is 32.4 Å². The van der Waals surface area contributed by atoms with E-state index >= 15 is 0 Å². The highest BCUT2D eigenvalue weighted by Crippen LogP contribution is 2.24. The van der Waals surface area contributed by atoms with Crippen molar-refractivity contribution in [1.29, 1.82) is 0 Å². The number of carbonyl (C=O) groups excluding carboxylic acids is 1. The van der Waals surface area contributed by atoms with Gasteiger partial charge in [0.1, 0.15) is 0 Å². The molecule has 1 aliphatic rings. The molecule has 28 heavy (non-hydrogen) atoms. The molecule has 4 nitrogen and oxygen atoms in total. The summed E-state index contributed by atoms with van der Waals surface area (Å²) in [6.45, 7) is 4.16. The minimum absolute atomic E-state index is 0.0191. The lowest BCUT2D eigenvalue weighted by Crippen LogP contribution is -2.33. The number of carbonyl (C=O) groups is 1. The molecule has 3 aromatic rings. The Morgan fingerprint density at radius 2 is 1.71 bits per heavy atom. The van der Waals surface area contributed by atoms with Crippen molar-refractivity contribution < 1.29 is 4.79 Å². The van der Waals surface area contributed by atoms with E-state index in [-0.39, 0.29) is 5.91 Å². The first kappa shape index (κ1) is 18.6. The summed E-state index contributed by atoms with van der Waals surface area (Å²) in [7, 11) is 0. The van der Waals surface area contributed by atoms with Gasteiger partial charge in [0.25, 0.3) is 5.91 Å². The van der Waals surface area contributed by atoms with Crippen molar-refractivity contribution in [2.75, 3.05) is 26.2 Å².